The second kappa shape index (κ2) is 9.37. The lowest BCUT2D eigenvalue weighted by Crippen LogP contribution is -2.52. The first kappa shape index (κ1) is 17.6. The molecule has 0 atom stereocenters. The Morgan fingerprint density at radius 3 is 2.70 bits per heavy atom. The van der Waals surface area contributed by atoms with E-state index in [-0.39, 0.29) is 6.03 Å². The number of amides is 2. The maximum Gasteiger partial charge on any atom is 0.317 e. The van der Waals surface area contributed by atoms with Crippen LogP contribution in [0.4, 0.5) is 4.79 Å². The first-order valence-corrected chi connectivity index (χ1v) is 8.34. The number of piperazine rings is 1. The molecule has 1 fully saturated rings. The van der Waals surface area contributed by atoms with E-state index >= 15 is 0 Å². The molecule has 1 aromatic rings. The number of nitrogens with two attached hydrogens (primary N) is 1. The number of para-hydroxylation sites is 1. The maximum atomic E-state index is 12.1. The van der Waals surface area contributed by atoms with Crippen LogP contribution in [0.3, 0.4) is 0 Å². The van der Waals surface area contributed by atoms with E-state index in [9.17, 15) is 4.79 Å². The van der Waals surface area contributed by atoms with Crippen molar-refractivity contribution >= 4 is 6.03 Å². The molecule has 0 unspecified atom stereocenters. The Morgan fingerprint density at radius 1 is 1.26 bits per heavy atom. The van der Waals surface area contributed by atoms with Gasteiger partial charge in [0, 0.05) is 45.8 Å². The Kier molecular flexibility index (Phi) is 7.16. The SMILES string of the molecule is Cc1ccccc1OCCCNC(=O)N1CCN(CCN)CC1. The van der Waals surface area contributed by atoms with E-state index in [2.05, 4.69) is 10.2 Å². The van der Waals surface area contributed by atoms with Gasteiger partial charge in [0.2, 0.25) is 0 Å². The quantitative estimate of drug-likeness (QED) is 0.737. The van der Waals surface area contributed by atoms with Crippen LogP contribution in [0.2, 0.25) is 0 Å². The first-order chi connectivity index (χ1) is 11.2. The molecule has 3 N–H and O–H groups in total. The first-order valence-electron chi connectivity index (χ1n) is 8.34. The van der Waals surface area contributed by atoms with Gasteiger partial charge in [0.1, 0.15) is 5.75 Å². The summed E-state index contributed by atoms with van der Waals surface area (Å²) in [5.41, 5.74) is 6.68. The molecule has 1 aliphatic heterocycles. The number of nitrogens with one attached hydrogen (secondary N) is 1. The van der Waals surface area contributed by atoms with Crippen LogP contribution < -0.4 is 15.8 Å². The van der Waals surface area contributed by atoms with Gasteiger partial charge in [0.25, 0.3) is 0 Å². The number of aryl methyl sites for hydroxylation is 1. The molecule has 0 aromatic heterocycles. The molecule has 0 radical (unpaired) electrons. The molecule has 23 heavy (non-hydrogen) atoms. The van der Waals surface area contributed by atoms with E-state index in [0.29, 0.717) is 19.7 Å². The number of carbonyl (C=O) groups is 1. The summed E-state index contributed by atoms with van der Waals surface area (Å²) in [6.07, 6.45) is 0.799. The molecule has 1 aromatic carbocycles. The summed E-state index contributed by atoms with van der Waals surface area (Å²) < 4.78 is 5.72. The van der Waals surface area contributed by atoms with Crippen molar-refractivity contribution in [1.82, 2.24) is 15.1 Å². The number of ether oxygens (including phenoxy) is 1. The highest BCUT2D eigenvalue weighted by molar-refractivity contribution is 5.74. The zero-order chi connectivity index (χ0) is 16.5. The lowest BCUT2D eigenvalue weighted by molar-refractivity contribution is 0.141. The minimum atomic E-state index is 0.0216. The zero-order valence-electron chi connectivity index (χ0n) is 14.0. The fraction of sp³-hybridized carbons (Fsp3) is 0.588. The predicted octanol–water partition coefficient (Wildman–Crippen LogP) is 1.05. The van der Waals surface area contributed by atoms with Crippen LogP contribution >= 0.6 is 0 Å². The Morgan fingerprint density at radius 2 is 2.00 bits per heavy atom. The molecule has 0 saturated carbocycles. The Bertz CT molecular complexity index is 487. The van der Waals surface area contributed by atoms with Crippen molar-refractivity contribution in [3.8, 4) is 5.75 Å². The van der Waals surface area contributed by atoms with Crippen molar-refractivity contribution in [2.75, 3.05) is 52.4 Å². The number of hydrogen-bond acceptors (Lipinski definition) is 4. The number of nitrogens with zero attached hydrogens (tertiary/aromatic N) is 2. The van der Waals surface area contributed by atoms with Gasteiger partial charge in [0.15, 0.2) is 0 Å². The fourth-order valence-corrected chi connectivity index (χ4v) is 2.64. The standard InChI is InChI=1S/C17H28N4O2/c1-15-5-2-3-6-16(15)23-14-4-8-19-17(22)21-12-10-20(9-7-18)11-13-21/h2-3,5-6H,4,7-14,18H2,1H3,(H,19,22). The highest BCUT2D eigenvalue weighted by Crippen LogP contribution is 2.15. The normalized spacial score (nSPS) is 15.5. The topological polar surface area (TPSA) is 70.8 Å². The van der Waals surface area contributed by atoms with E-state index in [1.54, 1.807) is 0 Å². The van der Waals surface area contributed by atoms with Crippen LogP contribution in [0.25, 0.3) is 0 Å². The summed E-state index contributed by atoms with van der Waals surface area (Å²) >= 11 is 0. The molecule has 1 aliphatic rings. The zero-order valence-corrected chi connectivity index (χ0v) is 14.0. The number of benzene rings is 1. The van der Waals surface area contributed by atoms with Crippen LogP contribution in [0.5, 0.6) is 5.75 Å². The molecule has 128 valence electrons. The molecule has 0 spiro atoms. The van der Waals surface area contributed by atoms with Crippen molar-refractivity contribution in [2.45, 2.75) is 13.3 Å². The van der Waals surface area contributed by atoms with Crippen molar-refractivity contribution in [3.63, 3.8) is 0 Å². The summed E-state index contributed by atoms with van der Waals surface area (Å²) in [4.78, 5) is 16.2. The minimum Gasteiger partial charge on any atom is -0.493 e. The number of rotatable bonds is 7. The lowest BCUT2D eigenvalue weighted by atomic mass is 10.2. The molecule has 1 saturated heterocycles. The molecule has 2 amide bonds. The average Bonchev–Trinajstić information content (AvgIpc) is 2.57. The van der Waals surface area contributed by atoms with Crippen LogP contribution in [0, 0.1) is 6.92 Å². The van der Waals surface area contributed by atoms with E-state index in [4.69, 9.17) is 10.5 Å². The minimum absolute atomic E-state index is 0.0216. The summed E-state index contributed by atoms with van der Waals surface area (Å²) in [5, 5.41) is 2.96. The van der Waals surface area contributed by atoms with Crippen molar-refractivity contribution in [3.05, 3.63) is 29.8 Å². The second-order valence-electron chi connectivity index (χ2n) is 5.82. The summed E-state index contributed by atoms with van der Waals surface area (Å²) in [7, 11) is 0. The van der Waals surface area contributed by atoms with Gasteiger partial charge in [-0.1, -0.05) is 18.2 Å². The molecular weight excluding hydrogens is 292 g/mol. The molecule has 0 bridgehead atoms. The summed E-state index contributed by atoms with van der Waals surface area (Å²) in [6.45, 7) is 8.20. The maximum absolute atomic E-state index is 12.1. The van der Waals surface area contributed by atoms with Crippen LogP contribution in [-0.4, -0.2) is 68.3 Å². The highest BCUT2D eigenvalue weighted by atomic mass is 16.5. The van der Waals surface area contributed by atoms with Gasteiger partial charge in [-0.25, -0.2) is 4.79 Å². The third-order valence-corrected chi connectivity index (χ3v) is 4.05. The molecule has 0 aliphatic carbocycles. The monoisotopic (exact) mass is 320 g/mol. The Balaban J connectivity index is 1.58. The summed E-state index contributed by atoms with van der Waals surface area (Å²) in [6, 6.07) is 7.98. The van der Waals surface area contributed by atoms with E-state index in [1.807, 2.05) is 36.1 Å². The molecular formula is C17H28N4O2. The Hall–Kier alpha value is -1.79. The van der Waals surface area contributed by atoms with Gasteiger partial charge in [-0.3, -0.25) is 4.90 Å². The van der Waals surface area contributed by atoms with Crippen molar-refractivity contribution < 1.29 is 9.53 Å². The van der Waals surface area contributed by atoms with Gasteiger partial charge in [0.05, 0.1) is 6.61 Å². The lowest BCUT2D eigenvalue weighted by Gasteiger charge is -2.34. The predicted molar refractivity (Wildman–Crippen MR) is 91.8 cm³/mol. The van der Waals surface area contributed by atoms with E-state index in [0.717, 1.165) is 50.5 Å². The molecule has 2 rings (SSSR count). The molecule has 1 heterocycles. The van der Waals surface area contributed by atoms with Crippen molar-refractivity contribution in [2.24, 2.45) is 5.73 Å². The van der Waals surface area contributed by atoms with Crippen LogP contribution in [0.1, 0.15) is 12.0 Å². The van der Waals surface area contributed by atoms with Crippen LogP contribution in [0.15, 0.2) is 24.3 Å². The van der Waals surface area contributed by atoms with Crippen LogP contribution in [-0.2, 0) is 0 Å². The molecule has 6 nitrogen and oxygen atoms in total. The largest absolute Gasteiger partial charge is 0.493 e. The number of carbonyl (C=O) groups excluding carboxylic acids is 1. The molecule has 6 heteroatoms. The average molecular weight is 320 g/mol. The number of urea groups is 1. The Labute approximate surface area is 138 Å². The third-order valence-electron chi connectivity index (χ3n) is 4.05. The van der Waals surface area contributed by atoms with Gasteiger partial charge in [-0.2, -0.15) is 0 Å². The highest BCUT2D eigenvalue weighted by Gasteiger charge is 2.19. The third kappa shape index (κ3) is 5.73. The van der Waals surface area contributed by atoms with E-state index < -0.39 is 0 Å². The van der Waals surface area contributed by atoms with Gasteiger partial charge >= 0.3 is 6.03 Å². The van der Waals surface area contributed by atoms with Gasteiger partial charge in [-0.15, -0.1) is 0 Å². The smallest absolute Gasteiger partial charge is 0.317 e. The van der Waals surface area contributed by atoms with Gasteiger partial charge < -0.3 is 20.7 Å². The van der Waals surface area contributed by atoms with E-state index in [1.165, 1.54) is 0 Å². The number of hydrogen-bond donors (Lipinski definition) is 2. The second-order valence-corrected chi connectivity index (χ2v) is 5.82. The fourth-order valence-electron chi connectivity index (χ4n) is 2.64. The van der Waals surface area contributed by atoms with Crippen molar-refractivity contribution in [1.29, 1.82) is 0 Å². The summed E-state index contributed by atoms with van der Waals surface area (Å²) in [5.74, 6) is 0.912. The van der Waals surface area contributed by atoms with Gasteiger partial charge in [-0.05, 0) is 25.0 Å².